The Kier molecular flexibility index (Phi) is 4.99. The van der Waals surface area contributed by atoms with Gasteiger partial charge in [-0.3, -0.25) is 0 Å². The van der Waals surface area contributed by atoms with Crippen LogP contribution in [0.15, 0.2) is 34.8 Å². The van der Waals surface area contributed by atoms with Gasteiger partial charge in [0, 0.05) is 16.1 Å². The van der Waals surface area contributed by atoms with Crippen molar-refractivity contribution in [2.45, 2.75) is 12.5 Å². The number of benzene rings is 1. The van der Waals surface area contributed by atoms with Gasteiger partial charge in [-0.2, -0.15) is 0 Å². The predicted octanol–water partition coefficient (Wildman–Crippen LogP) is 3.57. The van der Waals surface area contributed by atoms with Gasteiger partial charge >= 0.3 is 0 Å². The number of nitrogens with zero attached hydrogens (tertiary/aromatic N) is 2. The Morgan fingerprint density at radius 3 is 2.68 bits per heavy atom. The lowest BCUT2D eigenvalue weighted by Crippen LogP contribution is -2.02. The van der Waals surface area contributed by atoms with Gasteiger partial charge in [0.05, 0.1) is 13.0 Å². The lowest BCUT2D eigenvalue weighted by atomic mass is 10.2. The van der Waals surface area contributed by atoms with E-state index in [2.05, 4.69) is 26.1 Å². The zero-order valence-corrected chi connectivity index (χ0v) is 12.6. The molecule has 0 aliphatic rings. The van der Waals surface area contributed by atoms with E-state index in [1.165, 1.54) is 0 Å². The number of halogens is 2. The number of hydrogen-bond acceptors (Lipinski definition) is 4. The molecule has 1 aromatic carbocycles. The summed E-state index contributed by atoms with van der Waals surface area (Å²) in [6.45, 7) is 0.336. The third kappa shape index (κ3) is 3.81. The molecule has 2 rings (SSSR count). The molecular formula is C13H12BrClN2O2. The van der Waals surface area contributed by atoms with Crippen LogP contribution in [0.25, 0.3) is 0 Å². The fraction of sp³-hybridized carbons (Fsp3) is 0.231. The van der Waals surface area contributed by atoms with Gasteiger partial charge in [-0.05, 0) is 24.3 Å². The molecule has 19 heavy (non-hydrogen) atoms. The van der Waals surface area contributed by atoms with E-state index in [-0.39, 0.29) is 0 Å². The molecule has 0 N–H and O–H groups in total. The maximum atomic E-state index is 5.88. The van der Waals surface area contributed by atoms with Crippen molar-refractivity contribution in [3.8, 4) is 11.6 Å². The van der Waals surface area contributed by atoms with E-state index in [9.17, 15) is 0 Å². The van der Waals surface area contributed by atoms with Crippen LogP contribution in [0.1, 0.15) is 11.3 Å². The van der Waals surface area contributed by atoms with Crippen molar-refractivity contribution >= 4 is 27.5 Å². The number of hydrogen-bond donors (Lipinski definition) is 0. The number of methoxy groups -OCH3 is 1. The minimum absolute atomic E-state index is 0.336. The van der Waals surface area contributed by atoms with E-state index in [1.807, 2.05) is 24.3 Å². The molecule has 0 amide bonds. The first kappa shape index (κ1) is 14.1. The molecule has 100 valence electrons. The topological polar surface area (TPSA) is 44.2 Å². The number of rotatable bonds is 5. The highest BCUT2D eigenvalue weighted by molar-refractivity contribution is 9.10. The third-order valence-corrected chi connectivity index (χ3v) is 3.23. The van der Waals surface area contributed by atoms with Crippen LogP contribution in [0.3, 0.4) is 0 Å². The molecule has 0 aliphatic heterocycles. The van der Waals surface area contributed by atoms with Gasteiger partial charge in [0.2, 0.25) is 5.88 Å². The smallest absolute Gasteiger partial charge is 0.233 e. The zero-order chi connectivity index (χ0) is 13.7. The van der Waals surface area contributed by atoms with Crippen LogP contribution in [0, 0.1) is 0 Å². The molecule has 0 radical (unpaired) electrons. The number of ether oxygens (including phenoxy) is 2. The molecule has 0 spiro atoms. The average Bonchev–Trinajstić information content (AvgIpc) is 2.46. The summed E-state index contributed by atoms with van der Waals surface area (Å²) < 4.78 is 11.6. The second kappa shape index (κ2) is 6.73. The summed E-state index contributed by atoms with van der Waals surface area (Å²) >= 11 is 9.28. The Morgan fingerprint density at radius 2 is 2.05 bits per heavy atom. The molecular weight excluding hydrogens is 332 g/mol. The molecule has 0 saturated carbocycles. The van der Waals surface area contributed by atoms with Crippen molar-refractivity contribution in [3.05, 3.63) is 46.1 Å². The fourth-order valence-corrected chi connectivity index (χ4v) is 2.10. The fourth-order valence-electron chi connectivity index (χ4n) is 1.48. The summed E-state index contributed by atoms with van der Waals surface area (Å²) in [7, 11) is 1.55. The van der Waals surface area contributed by atoms with Gasteiger partial charge in [-0.1, -0.05) is 15.9 Å². The molecule has 0 saturated heterocycles. The van der Waals surface area contributed by atoms with Gasteiger partial charge in [-0.15, -0.1) is 21.8 Å². The molecule has 0 atom stereocenters. The minimum Gasteiger partial charge on any atom is -0.487 e. The predicted molar refractivity (Wildman–Crippen MR) is 76.6 cm³/mol. The number of alkyl halides is 1. The van der Waals surface area contributed by atoms with Crippen molar-refractivity contribution in [1.29, 1.82) is 0 Å². The molecule has 0 unspecified atom stereocenters. The average molecular weight is 344 g/mol. The minimum atomic E-state index is 0.336. The maximum Gasteiger partial charge on any atom is 0.233 e. The molecule has 4 nitrogen and oxygen atoms in total. The Bertz CT molecular complexity index is 549. The Hall–Kier alpha value is -1.33. The summed E-state index contributed by atoms with van der Waals surface area (Å²) in [4.78, 5) is 0. The van der Waals surface area contributed by atoms with Crippen molar-refractivity contribution in [3.63, 3.8) is 0 Å². The van der Waals surface area contributed by atoms with Gasteiger partial charge < -0.3 is 9.47 Å². The molecule has 0 fully saturated rings. The second-order valence-electron chi connectivity index (χ2n) is 3.74. The standard InChI is InChI=1S/C13H12BrClN2O2/c1-18-13-5-3-11(16-17-13)8-19-12-4-2-10(14)6-9(12)7-15/h2-6H,7-8H2,1H3. The lowest BCUT2D eigenvalue weighted by Gasteiger charge is -2.09. The highest BCUT2D eigenvalue weighted by Gasteiger charge is 2.05. The Balaban J connectivity index is 2.05. The summed E-state index contributed by atoms with van der Waals surface area (Å²) in [5.41, 5.74) is 1.65. The zero-order valence-electron chi connectivity index (χ0n) is 10.3. The lowest BCUT2D eigenvalue weighted by molar-refractivity contribution is 0.296. The van der Waals surface area contributed by atoms with Gasteiger partial charge in [0.1, 0.15) is 18.1 Å². The van der Waals surface area contributed by atoms with E-state index in [4.69, 9.17) is 21.1 Å². The SMILES string of the molecule is COc1ccc(COc2ccc(Br)cc2CCl)nn1. The summed E-state index contributed by atoms with van der Waals surface area (Å²) in [6.07, 6.45) is 0. The summed E-state index contributed by atoms with van der Waals surface area (Å²) in [5.74, 6) is 1.62. The molecule has 2 aromatic rings. The monoisotopic (exact) mass is 342 g/mol. The third-order valence-electron chi connectivity index (χ3n) is 2.45. The first-order chi connectivity index (χ1) is 9.22. The van der Waals surface area contributed by atoms with E-state index < -0.39 is 0 Å². The summed E-state index contributed by atoms with van der Waals surface area (Å²) in [5, 5.41) is 7.88. The van der Waals surface area contributed by atoms with Crippen LogP contribution < -0.4 is 9.47 Å². The Morgan fingerprint density at radius 1 is 1.21 bits per heavy atom. The molecule has 1 aromatic heterocycles. The van der Waals surface area contributed by atoms with Gasteiger partial charge in [-0.25, -0.2) is 0 Å². The van der Waals surface area contributed by atoms with Crippen molar-refractivity contribution in [1.82, 2.24) is 10.2 Å². The van der Waals surface area contributed by atoms with E-state index >= 15 is 0 Å². The van der Waals surface area contributed by atoms with E-state index in [0.29, 0.717) is 18.4 Å². The van der Waals surface area contributed by atoms with Crippen LogP contribution in [-0.4, -0.2) is 17.3 Å². The van der Waals surface area contributed by atoms with Crippen LogP contribution in [-0.2, 0) is 12.5 Å². The highest BCUT2D eigenvalue weighted by atomic mass is 79.9. The maximum absolute atomic E-state index is 5.88. The highest BCUT2D eigenvalue weighted by Crippen LogP contribution is 2.25. The largest absolute Gasteiger partial charge is 0.487 e. The van der Waals surface area contributed by atoms with E-state index in [0.717, 1.165) is 21.5 Å². The normalized spacial score (nSPS) is 10.3. The molecule has 0 aliphatic carbocycles. The molecule has 1 heterocycles. The van der Waals surface area contributed by atoms with Crippen molar-refractivity contribution < 1.29 is 9.47 Å². The van der Waals surface area contributed by atoms with Crippen LogP contribution >= 0.6 is 27.5 Å². The summed E-state index contributed by atoms with van der Waals surface area (Å²) in [6, 6.07) is 9.27. The Labute approximate surface area is 124 Å². The van der Waals surface area contributed by atoms with Crippen LogP contribution in [0.4, 0.5) is 0 Å². The number of aromatic nitrogens is 2. The first-order valence-corrected chi connectivity index (χ1v) is 6.89. The first-order valence-electron chi connectivity index (χ1n) is 5.56. The quantitative estimate of drug-likeness (QED) is 0.779. The van der Waals surface area contributed by atoms with Crippen LogP contribution in [0.2, 0.25) is 0 Å². The van der Waals surface area contributed by atoms with Crippen molar-refractivity contribution in [2.75, 3.05) is 7.11 Å². The van der Waals surface area contributed by atoms with Crippen molar-refractivity contribution in [2.24, 2.45) is 0 Å². The van der Waals surface area contributed by atoms with Crippen LogP contribution in [0.5, 0.6) is 11.6 Å². The van der Waals surface area contributed by atoms with Gasteiger partial charge in [0.25, 0.3) is 0 Å². The van der Waals surface area contributed by atoms with E-state index in [1.54, 1.807) is 13.2 Å². The molecule has 0 bridgehead atoms. The molecule has 6 heteroatoms. The second-order valence-corrected chi connectivity index (χ2v) is 4.92. The van der Waals surface area contributed by atoms with Gasteiger partial charge in [0.15, 0.2) is 0 Å².